The summed E-state index contributed by atoms with van der Waals surface area (Å²) in [5.74, 6) is -2.74. The number of hydrogen-bond donors (Lipinski definition) is 1. The van der Waals surface area contributed by atoms with Crippen LogP contribution in [0.15, 0.2) is 36.4 Å². The number of carbonyl (C=O) groups excluding carboxylic acids is 3. The molecule has 0 saturated carbocycles. The first kappa shape index (κ1) is 15.6. The van der Waals surface area contributed by atoms with Crippen LogP contribution in [0.4, 0.5) is 0 Å². The summed E-state index contributed by atoms with van der Waals surface area (Å²) in [4.78, 5) is 34.4. The van der Waals surface area contributed by atoms with Crippen LogP contribution in [-0.4, -0.2) is 17.8 Å². The first-order chi connectivity index (χ1) is 9.21. The Bertz CT molecular complexity index is 553. The van der Waals surface area contributed by atoms with Gasteiger partial charge in [-0.1, -0.05) is 51.1 Å². The maximum atomic E-state index is 11.7. The molecule has 0 aliphatic heterocycles. The standard InChI is InChI=1S/C15H17NO4/c1-15(2,3)14(20)16-12(17)9-11(13(18)19)10-7-5-4-6-8-10/h4-9H,1-3H3,(H,18,19)(H,16,17,20)/p-1/b11-9-. The Kier molecular flexibility index (Phi) is 4.80. The zero-order chi connectivity index (χ0) is 15.3. The Morgan fingerprint density at radius 1 is 1.10 bits per heavy atom. The van der Waals surface area contributed by atoms with Gasteiger partial charge in [-0.15, -0.1) is 0 Å². The molecule has 0 radical (unpaired) electrons. The van der Waals surface area contributed by atoms with E-state index in [1.165, 1.54) is 0 Å². The highest BCUT2D eigenvalue weighted by Crippen LogP contribution is 2.14. The second-order valence-corrected chi connectivity index (χ2v) is 5.28. The van der Waals surface area contributed by atoms with Crippen LogP contribution in [0, 0.1) is 5.41 Å². The van der Waals surface area contributed by atoms with Gasteiger partial charge in [0.15, 0.2) is 0 Å². The maximum Gasteiger partial charge on any atom is 0.251 e. The normalized spacial score (nSPS) is 11.8. The van der Waals surface area contributed by atoms with Crippen molar-refractivity contribution in [3.8, 4) is 0 Å². The number of imide groups is 1. The lowest BCUT2D eigenvalue weighted by Gasteiger charge is -2.16. The molecule has 1 N–H and O–H groups in total. The molecule has 0 spiro atoms. The van der Waals surface area contributed by atoms with E-state index < -0.39 is 23.2 Å². The van der Waals surface area contributed by atoms with Gasteiger partial charge in [-0.25, -0.2) is 0 Å². The number of nitrogens with one attached hydrogen (secondary N) is 1. The van der Waals surface area contributed by atoms with Crippen molar-refractivity contribution in [1.82, 2.24) is 5.32 Å². The van der Waals surface area contributed by atoms with Crippen molar-refractivity contribution in [3.05, 3.63) is 42.0 Å². The van der Waals surface area contributed by atoms with Crippen LogP contribution in [0.3, 0.4) is 0 Å². The van der Waals surface area contributed by atoms with Crippen molar-refractivity contribution in [3.63, 3.8) is 0 Å². The summed E-state index contributed by atoms with van der Waals surface area (Å²) in [7, 11) is 0. The molecule has 0 aliphatic rings. The van der Waals surface area contributed by atoms with Gasteiger partial charge < -0.3 is 9.90 Å². The second-order valence-electron chi connectivity index (χ2n) is 5.28. The minimum absolute atomic E-state index is 0.273. The van der Waals surface area contributed by atoms with Gasteiger partial charge in [-0.05, 0) is 5.56 Å². The van der Waals surface area contributed by atoms with Crippen LogP contribution in [-0.2, 0) is 14.4 Å². The molecule has 0 fully saturated rings. The molecule has 1 aromatic carbocycles. The molecule has 2 amide bonds. The number of benzene rings is 1. The number of carbonyl (C=O) groups is 3. The van der Waals surface area contributed by atoms with E-state index in [0.717, 1.165) is 6.08 Å². The van der Waals surface area contributed by atoms with Crippen molar-refractivity contribution in [2.24, 2.45) is 5.41 Å². The molecule has 5 nitrogen and oxygen atoms in total. The second kappa shape index (κ2) is 6.14. The van der Waals surface area contributed by atoms with Gasteiger partial charge in [0.2, 0.25) is 5.91 Å². The minimum atomic E-state index is -1.48. The summed E-state index contributed by atoms with van der Waals surface area (Å²) in [6.07, 6.45) is 0.855. The van der Waals surface area contributed by atoms with Gasteiger partial charge in [0.05, 0.1) is 5.97 Å². The monoisotopic (exact) mass is 274 g/mol. The lowest BCUT2D eigenvalue weighted by Crippen LogP contribution is -2.38. The number of rotatable bonds is 3. The fourth-order valence-corrected chi connectivity index (χ4v) is 1.34. The van der Waals surface area contributed by atoms with Gasteiger partial charge in [0, 0.05) is 17.1 Å². The maximum absolute atomic E-state index is 11.7. The minimum Gasteiger partial charge on any atom is -0.545 e. The fraction of sp³-hybridized carbons (Fsp3) is 0.267. The summed E-state index contributed by atoms with van der Waals surface area (Å²) >= 11 is 0. The Morgan fingerprint density at radius 2 is 1.65 bits per heavy atom. The highest BCUT2D eigenvalue weighted by atomic mass is 16.4. The van der Waals surface area contributed by atoms with E-state index in [9.17, 15) is 19.5 Å². The summed E-state index contributed by atoms with van der Waals surface area (Å²) in [5, 5.41) is 13.2. The number of aliphatic carboxylic acids is 1. The highest BCUT2D eigenvalue weighted by Gasteiger charge is 2.22. The summed E-state index contributed by atoms with van der Waals surface area (Å²) < 4.78 is 0. The summed E-state index contributed by atoms with van der Waals surface area (Å²) in [6, 6.07) is 8.09. The predicted molar refractivity (Wildman–Crippen MR) is 72.0 cm³/mol. The number of carboxylic acids is 1. The average Bonchev–Trinajstić information content (AvgIpc) is 2.35. The number of amides is 2. The lowest BCUT2D eigenvalue weighted by molar-refractivity contribution is -0.295. The van der Waals surface area contributed by atoms with E-state index in [2.05, 4.69) is 5.32 Å². The molecule has 106 valence electrons. The molecule has 0 heterocycles. The molecule has 0 aliphatic carbocycles. The van der Waals surface area contributed by atoms with E-state index >= 15 is 0 Å². The van der Waals surface area contributed by atoms with Crippen LogP contribution >= 0.6 is 0 Å². The zero-order valence-electron chi connectivity index (χ0n) is 11.6. The van der Waals surface area contributed by atoms with Gasteiger partial charge in [-0.3, -0.25) is 14.9 Å². The molecule has 20 heavy (non-hydrogen) atoms. The molecule has 1 aromatic rings. The largest absolute Gasteiger partial charge is 0.545 e. The Balaban J connectivity index is 2.97. The zero-order valence-corrected chi connectivity index (χ0v) is 11.6. The fourth-order valence-electron chi connectivity index (χ4n) is 1.34. The quantitative estimate of drug-likeness (QED) is 0.814. The molecular formula is C15H16NO4-. The molecule has 0 bridgehead atoms. The van der Waals surface area contributed by atoms with Crippen molar-refractivity contribution < 1.29 is 19.5 Å². The smallest absolute Gasteiger partial charge is 0.251 e. The van der Waals surface area contributed by atoms with Crippen molar-refractivity contribution in [1.29, 1.82) is 0 Å². The topological polar surface area (TPSA) is 86.3 Å². The van der Waals surface area contributed by atoms with Crippen molar-refractivity contribution >= 4 is 23.4 Å². The first-order valence-electron chi connectivity index (χ1n) is 6.05. The molecular weight excluding hydrogens is 258 g/mol. The van der Waals surface area contributed by atoms with Crippen LogP contribution in [0.25, 0.3) is 5.57 Å². The third-order valence-corrected chi connectivity index (χ3v) is 2.50. The van der Waals surface area contributed by atoms with Crippen LogP contribution in [0.5, 0.6) is 0 Å². The van der Waals surface area contributed by atoms with Crippen molar-refractivity contribution in [2.45, 2.75) is 20.8 Å². The average molecular weight is 274 g/mol. The van der Waals surface area contributed by atoms with Gasteiger partial charge in [-0.2, -0.15) is 0 Å². The summed E-state index contributed by atoms with van der Waals surface area (Å²) in [6.45, 7) is 4.95. The Morgan fingerprint density at radius 3 is 2.10 bits per heavy atom. The number of carboxylic acid groups (broad SMARTS) is 1. The van der Waals surface area contributed by atoms with E-state index in [4.69, 9.17) is 0 Å². The van der Waals surface area contributed by atoms with Gasteiger partial charge >= 0.3 is 0 Å². The third-order valence-electron chi connectivity index (χ3n) is 2.50. The van der Waals surface area contributed by atoms with Crippen LogP contribution in [0.2, 0.25) is 0 Å². The van der Waals surface area contributed by atoms with Crippen LogP contribution in [0.1, 0.15) is 26.3 Å². The lowest BCUT2D eigenvalue weighted by atomic mass is 9.95. The van der Waals surface area contributed by atoms with Crippen LogP contribution < -0.4 is 10.4 Å². The van der Waals surface area contributed by atoms with Crippen molar-refractivity contribution in [2.75, 3.05) is 0 Å². The van der Waals surface area contributed by atoms with E-state index in [1.54, 1.807) is 51.1 Å². The van der Waals surface area contributed by atoms with Gasteiger partial charge in [0.25, 0.3) is 5.91 Å². The highest BCUT2D eigenvalue weighted by molar-refractivity contribution is 6.20. The Hall–Kier alpha value is -2.43. The molecule has 0 atom stereocenters. The number of hydrogen-bond acceptors (Lipinski definition) is 4. The Labute approximate surface area is 117 Å². The first-order valence-corrected chi connectivity index (χ1v) is 6.05. The molecule has 5 heteroatoms. The molecule has 0 aromatic heterocycles. The van der Waals surface area contributed by atoms with Gasteiger partial charge in [0.1, 0.15) is 0 Å². The molecule has 0 saturated heterocycles. The third kappa shape index (κ3) is 4.35. The predicted octanol–water partition coefficient (Wildman–Crippen LogP) is 0.509. The van der Waals surface area contributed by atoms with E-state index in [0.29, 0.717) is 5.56 Å². The molecule has 1 rings (SSSR count). The SMILES string of the molecule is CC(C)(C)C(=O)NC(=O)/C=C(\C(=O)[O-])c1ccccc1. The summed E-state index contributed by atoms with van der Waals surface area (Å²) in [5.41, 5.74) is -0.673. The molecule has 0 unspecified atom stereocenters. The van der Waals surface area contributed by atoms with E-state index in [1.807, 2.05) is 0 Å². The van der Waals surface area contributed by atoms with E-state index in [-0.39, 0.29) is 5.57 Å².